The molecule has 1 rings (SSSR count). The summed E-state index contributed by atoms with van der Waals surface area (Å²) in [6, 6.07) is 4.81. The lowest BCUT2D eigenvalue weighted by molar-refractivity contribution is 0.200. The van der Waals surface area contributed by atoms with Crippen molar-refractivity contribution in [3.8, 4) is 0 Å². The van der Waals surface area contributed by atoms with Crippen LogP contribution < -0.4 is 0 Å². The van der Waals surface area contributed by atoms with Crippen molar-refractivity contribution in [1.82, 2.24) is 0 Å². The lowest BCUT2D eigenvalue weighted by Gasteiger charge is -2.08. The van der Waals surface area contributed by atoms with E-state index in [0.29, 0.717) is 10.9 Å². The Morgan fingerprint density at radius 2 is 2.25 bits per heavy atom. The molecule has 0 heterocycles. The second-order valence-electron chi connectivity index (χ2n) is 2.70. The fourth-order valence-electron chi connectivity index (χ4n) is 0.986. The van der Waals surface area contributed by atoms with Crippen molar-refractivity contribution >= 4 is 15.9 Å². The molecule has 0 spiro atoms. The van der Waals surface area contributed by atoms with Crippen LogP contribution in [-0.2, 0) is 0 Å². The van der Waals surface area contributed by atoms with Gasteiger partial charge in [-0.15, -0.1) is 0 Å². The molecule has 3 heteroatoms. The van der Waals surface area contributed by atoms with Crippen LogP contribution in [0, 0.1) is 12.7 Å². The molecule has 66 valence electrons. The third kappa shape index (κ3) is 2.05. The number of alkyl halides is 1. The molecule has 0 saturated heterocycles. The summed E-state index contributed by atoms with van der Waals surface area (Å²) in [5.74, 6) is -0.345. The number of aliphatic hydroxyl groups is 1. The standard InChI is InChI=1S/C9H10BrFO/c1-6-2-3-7(8(11)4-6)9(12)5-10/h2-4,9,12H,5H2,1H3. The molecular formula is C9H10BrFO. The Morgan fingerprint density at radius 3 is 2.75 bits per heavy atom. The molecule has 12 heavy (non-hydrogen) atoms. The molecule has 0 aliphatic rings. The van der Waals surface area contributed by atoms with E-state index < -0.39 is 6.10 Å². The van der Waals surface area contributed by atoms with Crippen LogP contribution in [0.25, 0.3) is 0 Å². The van der Waals surface area contributed by atoms with Crippen LogP contribution in [0.4, 0.5) is 4.39 Å². The highest BCUT2D eigenvalue weighted by Crippen LogP contribution is 2.19. The lowest BCUT2D eigenvalue weighted by Crippen LogP contribution is -2.01. The zero-order valence-electron chi connectivity index (χ0n) is 6.72. The summed E-state index contributed by atoms with van der Waals surface area (Å²) < 4.78 is 13.1. The van der Waals surface area contributed by atoms with E-state index >= 15 is 0 Å². The highest BCUT2D eigenvalue weighted by molar-refractivity contribution is 9.09. The van der Waals surface area contributed by atoms with Crippen LogP contribution in [0.5, 0.6) is 0 Å². The Labute approximate surface area is 79.4 Å². The van der Waals surface area contributed by atoms with Crippen molar-refractivity contribution in [2.24, 2.45) is 0 Å². The van der Waals surface area contributed by atoms with Crippen molar-refractivity contribution in [2.75, 3.05) is 5.33 Å². The summed E-state index contributed by atoms with van der Waals surface area (Å²) >= 11 is 3.09. The number of rotatable bonds is 2. The molecule has 1 aromatic rings. The second kappa shape index (κ2) is 4.01. The van der Waals surface area contributed by atoms with E-state index in [1.165, 1.54) is 6.07 Å². The van der Waals surface area contributed by atoms with Crippen molar-refractivity contribution < 1.29 is 9.50 Å². The van der Waals surface area contributed by atoms with Crippen LogP contribution >= 0.6 is 15.9 Å². The third-order valence-electron chi connectivity index (χ3n) is 1.66. The molecule has 0 fully saturated rings. The van der Waals surface area contributed by atoms with Gasteiger partial charge in [0.15, 0.2) is 0 Å². The Bertz CT molecular complexity index is 275. The smallest absolute Gasteiger partial charge is 0.129 e. The second-order valence-corrected chi connectivity index (χ2v) is 3.34. The Hall–Kier alpha value is -0.410. The summed E-state index contributed by atoms with van der Waals surface area (Å²) in [6.45, 7) is 1.81. The van der Waals surface area contributed by atoms with Gasteiger partial charge in [0.1, 0.15) is 5.82 Å². The van der Waals surface area contributed by atoms with E-state index in [1.807, 2.05) is 6.92 Å². The van der Waals surface area contributed by atoms with Gasteiger partial charge in [-0.3, -0.25) is 0 Å². The van der Waals surface area contributed by atoms with Gasteiger partial charge in [-0.25, -0.2) is 4.39 Å². The normalized spacial score (nSPS) is 13.0. The maximum Gasteiger partial charge on any atom is 0.129 e. The fraction of sp³-hybridized carbons (Fsp3) is 0.333. The fourth-order valence-corrected chi connectivity index (χ4v) is 1.33. The van der Waals surface area contributed by atoms with E-state index in [2.05, 4.69) is 15.9 Å². The lowest BCUT2D eigenvalue weighted by atomic mass is 10.1. The molecule has 0 aromatic heterocycles. The number of aryl methyl sites for hydroxylation is 1. The molecule has 1 unspecified atom stereocenters. The highest BCUT2D eigenvalue weighted by atomic mass is 79.9. The molecule has 0 radical (unpaired) electrons. The number of benzene rings is 1. The largest absolute Gasteiger partial charge is 0.387 e. The monoisotopic (exact) mass is 232 g/mol. The molecule has 0 saturated carbocycles. The first-order valence-electron chi connectivity index (χ1n) is 3.65. The van der Waals surface area contributed by atoms with Crippen LogP contribution in [-0.4, -0.2) is 10.4 Å². The number of aliphatic hydroxyl groups excluding tert-OH is 1. The van der Waals surface area contributed by atoms with E-state index in [4.69, 9.17) is 0 Å². The van der Waals surface area contributed by atoms with Crippen LogP contribution in [0.3, 0.4) is 0 Å². The van der Waals surface area contributed by atoms with Crippen LogP contribution in [0.1, 0.15) is 17.2 Å². The quantitative estimate of drug-likeness (QED) is 0.778. The van der Waals surface area contributed by atoms with Gasteiger partial charge in [-0.2, -0.15) is 0 Å². The van der Waals surface area contributed by atoms with Crippen LogP contribution in [0.2, 0.25) is 0 Å². The Kier molecular flexibility index (Phi) is 3.23. The molecule has 0 aliphatic carbocycles. The SMILES string of the molecule is Cc1ccc(C(O)CBr)c(F)c1. The summed E-state index contributed by atoms with van der Waals surface area (Å²) in [5.41, 5.74) is 1.20. The van der Waals surface area contributed by atoms with Gasteiger partial charge < -0.3 is 5.11 Å². The predicted octanol–water partition coefficient (Wildman–Crippen LogP) is 2.56. The van der Waals surface area contributed by atoms with E-state index in [9.17, 15) is 9.50 Å². The molecule has 0 amide bonds. The van der Waals surface area contributed by atoms with Crippen LogP contribution in [0.15, 0.2) is 18.2 Å². The molecule has 0 aliphatic heterocycles. The first-order valence-corrected chi connectivity index (χ1v) is 4.77. The Balaban J connectivity index is 3.01. The maximum atomic E-state index is 13.1. The zero-order valence-corrected chi connectivity index (χ0v) is 8.31. The van der Waals surface area contributed by atoms with Gasteiger partial charge in [0.25, 0.3) is 0 Å². The molecular weight excluding hydrogens is 223 g/mol. The minimum atomic E-state index is -0.759. The van der Waals surface area contributed by atoms with Crippen molar-refractivity contribution in [3.63, 3.8) is 0 Å². The molecule has 0 bridgehead atoms. The number of halogens is 2. The van der Waals surface area contributed by atoms with Gasteiger partial charge in [0.2, 0.25) is 0 Å². The molecule has 1 nitrogen and oxygen atoms in total. The van der Waals surface area contributed by atoms with Crippen molar-refractivity contribution in [1.29, 1.82) is 0 Å². The van der Waals surface area contributed by atoms with E-state index in [1.54, 1.807) is 12.1 Å². The maximum absolute atomic E-state index is 13.1. The topological polar surface area (TPSA) is 20.2 Å². The summed E-state index contributed by atoms with van der Waals surface area (Å²) in [4.78, 5) is 0. The molecule has 1 aromatic carbocycles. The third-order valence-corrected chi connectivity index (χ3v) is 2.27. The van der Waals surface area contributed by atoms with E-state index in [-0.39, 0.29) is 5.82 Å². The van der Waals surface area contributed by atoms with Crippen molar-refractivity contribution in [3.05, 3.63) is 35.1 Å². The molecule has 1 atom stereocenters. The van der Waals surface area contributed by atoms with Gasteiger partial charge in [0, 0.05) is 10.9 Å². The summed E-state index contributed by atoms with van der Waals surface area (Å²) in [5, 5.41) is 9.67. The summed E-state index contributed by atoms with van der Waals surface area (Å²) in [6.07, 6.45) is -0.759. The minimum absolute atomic E-state index is 0.345. The average molecular weight is 233 g/mol. The first kappa shape index (κ1) is 9.68. The highest BCUT2D eigenvalue weighted by Gasteiger charge is 2.10. The zero-order chi connectivity index (χ0) is 9.14. The van der Waals surface area contributed by atoms with Crippen molar-refractivity contribution in [2.45, 2.75) is 13.0 Å². The van der Waals surface area contributed by atoms with Gasteiger partial charge in [-0.1, -0.05) is 28.1 Å². The van der Waals surface area contributed by atoms with Gasteiger partial charge >= 0.3 is 0 Å². The van der Waals surface area contributed by atoms with E-state index in [0.717, 1.165) is 5.56 Å². The van der Waals surface area contributed by atoms with Gasteiger partial charge in [-0.05, 0) is 18.6 Å². The molecule has 1 N–H and O–H groups in total. The first-order chi connectivity index (χ1) is 5.65. The number of hydrogen-bond donors (Lipinski definition) is 1. The number of hydrogen-bond acceptors (Lipinski definition) is 1. The average Bonchev–Trinajstić information content (AvgIpc) is 2.03. The Morgan fingerprint density at radius 1 is 1.58 bits per heavy atom. The van der Waals surface area contributed by atoms with Gasteiger partial charge in [0.05, 0.1) is 6.10 Å². The predicted molar refractivity (Wildman–Crippen MR) is 49.9 cm³/mol. The summed E-state index contributed by atoms with van der Waals surface area (Å²) in [7, 11) is 0. The minimum Gasteiger partial charge on any atom is -0.387 e.